The number of hydrogen-bond acceptors (Lipinski definition) is 14. The summed E-state index contributed by atoms with van der Waals surface area (Å²) in [5.74, 6) is 3.85. The van der Waals surface area contributed by atoms with Crippen LogP contribution >= 0.6 is 11.3 Å². The van der Waals surface area contributed by atoms with Crippen molar-refractivity contribution in [1.82, 2.24) is 95.5 Å². The number of para-hydroxylation sites is 1. The summed E-state index contributed by atoms with van der Waals surface area (Å²) in [6, 6.07) is 24.4. The lowest BCUT2D eigenvalue weighted by atomic mass is 10.1. The smallest absolute Gasteiger partial charge is 0.384 e. The van der Waals surface area contributed by atoms with Gasteiger partial charge in [-0.25, -0.2) is 32.8 Å². The van der Waals surface area contributed by atoms with Crippen molar-refractivity contribution in [3.63, 3.8) is 0 Å². The van der Waals surface area contributed by atoms with Crippen LogP contribution < -0.4 is 22.8 Å². The Balaban J connectivity index is 0.0000000830. The normalized spacial score (nSPS) is 13.5. The van der Waals surface area contributed by atoms with Gasteiger partial charge in [-0.2, -0.15) is 32.5 Å². The fourth-order valence-electron chi connectivity index (χ4n) is 15.7. The van der Waals surface area contributed by atoms with E-state index in [0.717, 1.165) is 99.3 Å². The predicted octanol–water partition coefficient (Wildman–Crippen LogP) is 8.91. The van der Waals surface area contributed by atoms with Gasteiger partial charge in [-0.3, -0.25) is 39.9 Å². The van der Waals surface area contributed by atoms with E-state index in [9.17, 15) is 0 Å². The molecule has 103 heavy (non-hydrogen) atoms. The number of nitrogens with zero attached hydrogens (tertiary/aromatic N) is 25. The summed E-state index contributed by atoms with van der Waals surface area (Å²) >= 11 is 1.83. The Morgan fingerprint density at radius 3 is 1.60 bits per heavy atom. The summed E-state index contributed by atoms with van der Waals surface area (Å²) in [7, 11) is 2.07. The highest BCUT2D eigenvalue weighted by Gasteiger charge is 2.40. The van der Waals surface area contributed by atoms with Gasteiger partial charge in [0.1, 0.15) is 33.5 Å². The molecule has 20 aromatic heterocycles. The molecule has 0 fully saturated rings. The van der Waals surface area contributed by atoms with Crippen molar-refractivity contribution in [3.8, 4) is 61.9 Å². The minimum Gasteiger partial charge on any atom is -0.395 e. The topological polar surface area (TPSA) is 224 Å². The molecule has 0 saturated heterocycles. The van der Waals surface area contributed by atoms with Crippen molar-refractivity contribution in [2.75, 3.05) is 0 Å². The predicted molar refractivity (Wildman–Crippen MR) is 379 cm³/mol. The second-order valence-corrected chi connectivity index (χ2v) is 26.7. The van der Waals surface area contributed by atoms with E-state index in [2.05, 4.69) is 159 Å². The number of fused-ring (bicyclic) bond motifs is 35. The Labute approximate surface area is 588 Å². The lowest BCUT2D eigenvalue weighted by Gasteiger charge is -2.02. The number of benzene rings is 1. The molecule has 0 saturated carbocycles. The number of pyridine rings is 5. The van der Waals surface area contributed by atoms with Crippen LogP contribution in [0.1, 0.15) is 31.9 Å². The van der Waals surface area contributed by atoms with E-state index in [1.807, 2.05) is 154 Å². The highest BCUT2D eigenvalue weighted by molar-refractivity contribution is 7.22. The third-order valence-electron chi connectivity index (χ3n) is 20.3. The Bertz CT molecular complexity index is 7090. The van der Waals surface area contributed by atoms with Crippen molar-refractivity contribution < 1.29 is 31.4 Å². The van der Waals surface area contributed by atoms with Gasteiger partial charge in [-0.05, 0) is 42.5 Å². The average molecular weight is 1370 g/mol. The van der Waals surface area contributed by atoms with Gasteiger partial charge in [-0.15, -0.1) is 0 Å². The number of hydrogen-bond donors (Lipinski definition) is 0. The second kappa shape index (κ2) is 21.8. The van der Waals surface area contributed by atoms with Crippen LogP contribution in [0, 0.1) is 0 Å². The molecule has 21 aromatic rings. The standard InChI is InChI=1S/C20H14N5.2C14H11N6.C14H9N4O.C14H9N4S/c1-2-4-15(5-3-1)25-19-17-11-22-8-9-23(17)13-18(19)24-12-14-6-7-21-10-16(14)20(24)25;2*1-18-13-10-6-15-4-2-9(10)7-19(13)12-14(18)20-8-16-5-3-11(20)17-12;2*1-2-15-5-10-9(1)7-18-12-8-17-4-3-16-6-11(17)13(12)19-14(10)18/h1-11,13H,12H2;2*2-6,8H,7H2,1H3;2*1-6,8H,7H2/q5*+1/i;1D3;;;. The first kappa shape index (κ1) is 54.0. The van der Waals surface area contributed by atoms with Crippen LogP contribution in [0.15, 0.2) is 239 Å². The number of rotatable bonds is 1. The maximum Gasteiger partial charge on any atom is 0.384 e. The second-order valence-electron chi connectivity index (χ2n) is 25.7. The molecule has 490 valence electrons. The van der Waals surface area contributed by atoms with E-state index in [1.165, 1.54) is 81.1 Å². The van der Waals surface area contributed by atoms with Gasteiger partial charge >= 0.3 is 5.89 Å². The summed E-state index contributed by atoms with van der Waals surface area (Å²) in [4.78, 5) is 51.5. The summed E-state index contributed by atoms with van der Waals surface area (Å²) in [6.07, 6.45) is 48.9. The summed E-state index contributed by atoms with van der Waals surface area (Å²) in [5.41, 5.74) is 26.7. The molecule has 0 amide bonds. The number of oxazole rings is 1. The fourth-order valence-corrected chi connectivity index (χ4v) is 17.0. The molecule has 25 heterocycles. The number of aryl methyl sites for hydroxylation is 2. The van der Waals surface area contributed by atoms with Crippen LogP contribution in [0.25, 0.3) is 145 Å². The van der Waals surface area contributed by atoms with Gasteiger partial charge in [0.15, 0.2) is 31.3 Å². The highest BCUT2D eigenvalue weighted by Crippen LogP contribution is 2.40. The quantitative estimate of drug-likeness (QED) is 0.140. The van der Waals surface area contributed by atoms with Crippen molar-refractivity contribution in [2.24, 2.45) is 14.0 Å². The molecular weight excluding hydrogens is 1310 g/mol. The first-order chi connectivity index (χ1) is 52.1. The molecule has 1 aromatic carbocycles. The van der Waals surface area contributed by atoms with Crippen LogP contribution in [-0.2, 0) is 46.7 Å². The first-order valence-corrected chi connectivity index (χ1v) is 34.1. The average Bonchev–Trinajstić information content (AvgIpc) is 1.54. The zero-order valence-corrected chi connectivity index (χ0v) is 55.3. The van der Waals surface area contributed by atoms with E-state index in [-0.39, 0.29) is 0 Å². The lowest BCUT2D eigenvalue weighted by molar-refractivity contribution is -0.649. The third kappa shape index (κ3) is 8.31. The summed E-state index contributed by atoms with van der Waals surface area (Å²) in [6.45, 7) is 1.75. The number of thiazole rings is 1. The summed E-state index contributed by atoms with van der Waals surface area (Å²) in [5, 5.41) is 1.31. The summed E-state index contributed by atoms with van der Waals surface area (Å²) < 4.78 is 58.4. The van der Waals surface area contributed by atoms with Gasteiger partial charge in [0.05, 0.1) is 96.2 Å². The maximum atomic E-state index is 8.00. The zero-order valence-electron chi connectivity index (χ0n) is 57.5. The van der Waals surface area contributed by atoms with Crippen molar-refractivity contribution in [3.05, 3.63) is 262 Å². The van der Waals surface area contributed by atoms with Gasteiger partial charge in [-0.1, -0.05) is 29.5 Å². The van der Waals surface area contributed by atoms with Gasteiger partial charge in [0, 0.05) is 151 Å². The molecule has 0 radical (unpaired) electrons. The molecule has 0 bridgehead atoms. The minimum atomic E-state index is -2.33. The lowest BCUT2D eigenvalue weighted by Crippen LogP contribution is -2.31. The van der Waals surface area contributed by atoms with E-state index < -0.39 is 6.98 Å². The number of aromatic nitrogens is 25. The van der Waals surface area contributed by atoms with Crippen LogP contribution in [0.5, 0.6) is 0 Å². The SMILES string of the molecule is C[n+]1c2n(c3nc4ccncn4c31)Cc1ccncc1-2.[2H]C([2H])([2H])[n+]1c2n(c3nc4ccncn4c31)Cc1ccncc1-2.c1cc2c(cn1)-c1oc3c4cnccn4cc3[n+]1C2.c1cc2c(cn1)-c1sc3c4cnccn4cc3[n+]1C2.c1ccc(-n2c3[n+](c4cn5ccncc5c42)Cc2ccncc2-3)cc1. The molecular formula is C76H54N25OS+5. The Morgan fingerprint density at radius 2 is 0.942 bits per heavy atom. The molecule has 0 N–H and O–H groups in total. The largest absolute Gasteiger partial charge is 0.395 e. The fraction of sp³-hybridized carbons (Fsp3) is 0.0921. The Morgan fingerprint density at radius 1 is 0.447 bits per heavy atom. The van der Waals surface area contributed by atoms with Gasteiger partial charge in [0.25, 0.3) is 38.9 Å². The van der Waals surface area contributed by atoms with Crippen molar-refractivity contribution in [2.45, 2.75) is 32.7 Å². The maximum absolute atomic E-state index is 8.00. The van der Waals surface area contributed by atoms with Crippen LogP contribution in [-0.4, -0.2) is 95.5 Å². The molecule has 0 unspecified atom stereocenters. The van der Waals surface area contributed by atoms with Crippen molar-refractivity contribution >= 4 is 94.1 Å². The Kier molecular flexibility index (Phi) is 11.4. The van der Waals surface area contributed by atoms with E-state index in [4.69, 9.17) is 13.5 Å². The van der Waals surface area contributed by atoms with E-state index in [0.29, 0.717) is 29.3 Å². The minimum absolute atomic E-state index is 0.526. The molecule has 5 aliphatic rings. The zero-order chi connectivity index (χ0) is 70.2. The molecule has 26 rings (SSSR count). The molecule has 5 aliphatic heterocycles. The molecule has 26 nitrogen and oxygen atoms in total. The van der Waals surface area contributed by atoms with Crippen LogP contribution in [0.2, 0.25) is 0 Å². The monoisotopic (exact) mass is 1370 g/mol. The first-order valence-electron chi connectivity index (χ1n) is 34.8. The van der Waals surface area contributed by atoms with Crippen molar-refractivity contribution in [1.29, 1.82) is 0 Å². The number of imidazole rings is 5. The van der Waals surface area contributed by atoms with E-state index in [1.54, 1.807) is 47.8 Å². The van der Waals surface area contributed by atoms with Gasteiger partial charge < -0.3 is 17.6 Å². The van der Waals surface area contributed by atoms with E-state index >= 15 is 0 Å². The third-order valence-corrected chi connectivity index (χ3v) is 21.5. The Hall–Kier alpha value is -14.0. The molecule has 0 atom stereocenters. The molecule has 27 heteroatoms. The molecule has 0 spiro atoms. The van der Waals surface area contributed by atoms with Crippen LogP contribution in [0.3, 0.4) is 0 Å². The van der Waals surface area contributed by atoms with Gasteiger partial charge in [0.2, 0.25) is 39.6 Å². The molecule has 0 aliphatic carbocycles. The highest BCUT2D eigenvalue weighted by atomic mass is 32.1. The van der Waals surface area contributed by atoms with Crippen LogP contribution in [0.4, 0.5) is 0 Å².